The average molecular weight is 327 g/mol. The standard InChI is InChI=1S/C19H19ClN2O/c1-13-17(16-4-2-3-5-18(16)22-13)12-19(23)21-11-10-14-6-8-15(20)9-7-14/h2-9,22H,10-12H2,1H3,(H,21,23). The van der Waals surface area contributed by atoms with Crippen molar-refractivity contribution in [3.63, 3.8) is 0 Å². The fourth-order valence-electron chi connectivity index (χ4n) is 2.78. The number of amides is 1. The summed E-state index contributed by atoms with van der Waals surface area (Å²) in [6.07, 6.45) is 1.20. The third-order valence-corrected chi connectivity index (χ3v) is 4.27. The molecule has 0 radical (unpaired) electrons. The molecule has 0 unspecified atom stereocenters. The van der Waals surface area contributed by atoms with E-state index in [-0.39, 0.29) is 5.91 Å². The van der Waals surface area contributed by atoms with Crippen LogP contribution in [0.15, 0.2) is 48.5 Å². The molecule has 118 valence electrons. The molecular formula is C19H19ClN2O. The maximum atomic E-state index is 12.2. The van der Waals surface area contributed by atoms with Gasteiger partial charge in [-0.1, -0.05) is 41.9 Å². The molecule has 2 N–H and O–H groups in total. The Hall–Kier alpha value is -2.26. The van der Waals surface area contributed by atoms with Gasteiger partial charge in [-0.3, -0.25) is 4.79 Å². The van der Waals surface area contributed by atoms with Gasteiger partial charge in [0.25, 0.3) is 0 Å². The minimum atomic E-state index is 0.0480. The van der Waals surface area contributed by atoms with E-state index >= 15 is 0 Å². The van der Waals surface area contributed by atoms with Crippen molar-refractivity contribution in [1.82, 2.24) is 10.3 Å². The minimum Gasteiger partial charge on any atom is -0.358 e. The van der Waals surface area contributed by atoms with Crippen molar-refractivity contribution in [3.8, 4) is 0 Å². The lowest BCUT2D eigenvalue weighted by Crippen LogP contribution is -2.27. The topological polar surface area (TPSA) is 44.9 Å². The zero-order valence-corrected chi connectivity index (χ0v) is 13.8. The molecule has 3 rings (SSSR count). The van der Waals surface area contributed by atoms with Crippen LogP contribution < -0.4 is 5.32 Å². The first kappa shape index (κ1) is 15.6. The number of H-pyrrole nitrogens is 1. The highest BCUT2D eigenvalue weighted by Crippen LogP contribution is 2.22. The van der Waals surface area contributed by atoms with Crippen LogP contribution in [0.2, 0.25) is 5.02 Å². The molecule has 1 heterocycles. The molecule has 0 atom stereocenters. The maximum Gasteiger partial charge on any atom is 0.224 e. The molecule has 4 heteroatoms. The zero-order valence-electron chi connectivity index (χ0n) is 13.0. The first-order valence-electron chi connectivity index (χ1n) is 7.71. The molecule has 0 fully saturated rings. The highest BCUT2D eigenvalue weighted by atomic mass is 35.5. The maximum absolute atomic E-state index is 12.2. The monoisotopic (exact) mass is 326 g/mol. The van der Waals surface area contributed by atoms with E-state index in [1.165, 1.54) is 0 Å². The van der Waals surface area contributed by atoms with Crippen LogP contribution in [0.1, 0.15) is 16.8 Å². The van der Waals surface area contributed by atoms with Crippen molar-refractivity contribution < 1.29 is 4.79 Å². The van der Waals surface area contributed by atoms with E-state index in [0.717, 1.165) is 39.2 Å². The van der Waals surface area contributed by atoms with Gasteiger partial charge >= 0.3 is 0 Å². The first-order valence-corrected chi connectivity index (χ1v) is 8.08. The summed E-state index contributed by atoms with van der Waals surface area (Å²) in [4.78, 5) is 15.5. The highest BCUT2D eigenvalue weighted by molar-refractivity contribution is 6.30. The third kappa shape index (κ3) is 3.74. The fourth-order valence-corrected chi connectivity index (χ4v) is 2.91. The summed E-state index contributed by atoms with van der Waals surface area (Å²) in [5.74, 6) is 0.0480. The molecule has 0 bridgehead atoms. The summed E-state index contributed by atoms with van der Waals surface area (Å²) in [5, 5.41) is 4.84. The summed E-state index contributed by atoms with van der Waals surface area (Å²) >= 11 is 5.87. The minimum absolute atomic E-state index is 0.0480. The van der Waals surface area contributed by atoms with Crippen LogP contribution in [-0.2, 0) is 17.6 Å². The molecule has 2 aromatic carbocycles. The van der Waals surface area contributed by atoms with Crippen LogP contribution in [0.5, 0.6) is 0 Å². The van der Waals surface area contributed by atoms with Crippen molar-refractivity contribution in [2.24, 2.45) is 0 Å². The summed E-state index contributed by atoms with van der Waals surface area (Å²) in [6, 6.07) is 15.8. The van der Waals surface area contributed by atoms with Crippen LogP contribution in [-0.4, -0.2) is 17.4 Å². The molecule has 1 amide bonds. The fraction of sp³-hybridized carbons (Fsp3) is 0.211. The molecular weight excluding hydrogens is 308 g/mol. The number of rotatable bonds is 5. The normalized spacial score (nSPS) is 10.9. The summed E-state index contributed by atoms with van der Waals surface area (Å²) in [5.41, 5.74) is 4.37. The lowest BCUT2D eigenvalue weighted by molar-refractivity contribution is -0.120. The van der Waals surface area contributed by atoms with Crippen molar-refractivity contribution in [2.45, 2.75) is 19.8 Å². The molecule has 3 aromatic rings. The summed E-state index contributed by atoms with van der Waals surface area (Å²) in [7, 11) is 0. The second-order valence-corrected chi connectivity index (χ2v) is 6.11. The van der Waals surface area contributed by atoms with Crippen LogP contribution in [0.25, 0.3) is 10.9 Å². The molecule has 23 heavy (non-hydrogen) atoms. The molecule has 0 aliphatic carbocycles. The number of halogens is 1. The second-order valence-electron chi connectivity index (χ2n) is 5.68. The number of carbonyl (C=O) groups excluding carboxylic acids is 1. The van der Waals surface area contributed by atoms with Crippen LogP contribution in [0.4, 0.5) is 0 Å². The largest absolute Gasteiger partial charge is 0.358 e. The van der Waals surface area contributed by atoms with E-state index in [1.54, 1.807) is 0 Å². The van der Waals surface area contributed by atoms with Gasteiger partial charge in [0.2, 0.25) is 5.91 Å². The lowest BCUT2D eigenvalue weighted by Gasteiger charge is -2.06. The third-order valence-electron chi connectivity index (χ3n) is 4.01. The molecule has 0 aliphatic rings. The van der Waals surface area contributed by atoms with E-state index in [4.69, 9.17) is 11.6 Å². The Morgan fingerprint density at radius 2 is 1.87 bits per heavy atom. The number of carbonyl (C=O) groups is 1. The second kappa shape index (κ2) is 6.88. The Balaban J connectivity index is 1.58. The number of fused-ring (bicyclic) bond motifs is 1. The number of nitrogens with one attached hydrogen (secondary N) is 2. The molecule has 1 aromatic heterocycles. The van der Waals surface area contributed by atoms with Gasteiger partial charge in [-0.25, -0.2) is 0 Å². The molecule has 0 saturated heterocycles. The zero-order chi connectivity index (χ0) is 16.2. The van der Waals surface area contributed by atoms with E-state index in [2.05, 4.69) is 16.4 Å². The number of hydrogen-bond donors (Lipinski definition) is 2. The molecule has 0 spiro atoms. The smallest absolute Gasteiger partial charge is 0.224 e. The Morgan fingerprint density at radius 1 is 1.13 bits per heavy atom. The van der Waals surface area contributed by atoms with E-state index < -0.39 is 0 Å². The summed E-state index contributed by atoms with van der Waals surface area (Å²) < 4.78 is 0. The number of benzene rings is 2. The van der Waals surface area contributed by atoms with Crippen LogP contribution >= 0.6 is 11.6 Å². The van der Waals surface area contributed by atoms with Crippen molar-refractivity contribution in [1.29, 1.82) is 0 Å². The van der Waals surface area contributed by atoms with E-state index in [0.29, 0.717) is 13.0 Å². The van der Waals surface area contributed by atoms with Gasteiger partial charge in [0.1, 0.15) is 0 Å². The number of aryl methyl sites for hydroxylation is 1. The number of aromatic amines is 1. The lowest BCUT2D eigenvalue weighted by atomic mass is 10.1. The Bertz CT molecular complexity index is 821. The van der Waals surface area contributed by atoms with Crippen molar-refractivity contribution in [3.05, 3.63) is 70.4 Å². The van der Waals surface area contributed by atoms with Gasteiger partial charge in [0.05, 0.1) is 6.42 Å². The Kier molecular flexibility index (Phi) is 4.68. The predicted molar refractivity (Wildman–Crippen MR) is 94.9 cm³/mol. The molecule has 0 aliphatic heterocycles. The Labute approximate surface area is 140 Å². The van der Waals surface area contributed by atoms with Gasteiger partial charge in [-0.05, 0) is 42.7 Å². The number of para-hydroxylation sites is 1. The Morgan fingerprint density at radius 3 is 2.65 bits per heavy atom. The van der Waals surface area contributed by atoms with E-state index in [1.807, 2.05) is 49.4 Å². The quantitative estimate of drug-likeness (QED) is 0.730. The average Bonchev–Trinajstić information content (AvgIpc) is 2.85. The van der Waals surface area contributed by atoms with Gasteiger partial charge in [0, 0.05) is 28.2 Å². The number of hydrogen-bond acceptors (Lipinski definition) is 1. The van der Waals surface area contributed by atoms with Gasteiger partial charge in [-0.15, -0.1) is 0 Å². The summed E-state index contributed by atoms with van der Waals surface area (Å²) in [6.45, 7) is 2.64. The van der Waals surface area contributed by atoms with Gasteiger partial charge in [0.15, 0.2) is 0 Å². The van der Waals surface area contributed by atoms with Crippen molar-refractivity contribution in [2.75, 3.05) is 6.54 Å². The van der Waals surface area contributed by atoms with Gasteiger partial charge < -0.3 is 10.3 Å². The van der Waals surface area contributed by atoms with Crippen LogP contribution in [0.3, 0.4) is 0 Å². The predicted octanol–water partition coefficient (Wildman–Crippen LogP) is 4.03. The van der Waals surface area contributed by atoms with Gasteiger partial charge in [-0.2, -0.15) is 0 Å². The molecule has 3 nitrogen and oxygen atoms in total. The SMILES string of the molecule is Cc1[nH]c2ccccc2c1CC(=O)NCCc1ccc(Cl)cc1. The van der Waals surface area contributed by atoms with Crippen LogP contribution in [0, 0.1) is 6.92 Å². The first-order chi connectivity index (χ1) is 11.1. The number of aromatic nitrogens is 1. The highest BCUT2D eigenvalue weighted by Gasteiger charge is 2.11. The molecule has 0 saturated carbocycles. The van der Waals surface area contributed by atoms with E-state index in [9.17, 15) is 4.79 Å². The van der Waals surface area contributed by atoms with Crippen molar-refractivity contribution >= 4 is 28.4 Å².